The van der Waals surface area contributed by atoms with Gasteiger partial charge in [0.05, 0.1) is 0 Å². The molecule has 2 nitrogen and oxygen atoms in total. The molecular formula is C17H30N2S. The van der Waals surface area contributed by atoms with Crippen molar-refractivity contribution in [3.63, 3.8) is 0 Å². The first-order valence-electron chi connectivity index (χ1n) is 7.58. The third-order valence-corrected chi connectivity index (χ3v) is 3.89. The summed E-state index contributed by atoms with van der Waals surface area (Å²) in [5, 5.41) is 3.49. The smallest absolute Gasteiger partial charge is 0.0231 e. The van der Waals surface area contributed by atoms with Crippen LogP contribution >= 0.6 is 11.8 Å². The molecule has 0 radical (unpaired) electrons. The largest absolute Gasteiger partial charge is 0.316 e. The van der Waals surface area contributed by atoms with E-state index in [2.05, 4.69) is 61.6 Å². The zero-order valence-corrected chi connectivity index (χ0v) is 14.3. The molecule has 0 unspecified atom stereocenters. The fourth-order valence-corrected chi connectivity index (χ4v) is 2.57. The molecule has 0 aliphatic carbocycles. The monoisotopic (exact) mass is 294 g/mol. The Morgan fingerprint density at radius 1 is 1.15 bits per heavy atom. The van der Waals surface area contributed by atoms with E-state index in [1.807, 2.05) is 11.8 Å². The van der Waals surface area contributed by atoms with Crippen LogP contribution in [0.1, 0.15) is 25.0 Å². The molecule has 0 saturated heterocycles. The number of nitrogens with zero attached hydrogens (tertiary/aromatic N) is 1. The van der Waals surface area contributed by atoms with Crippen molar-refractivity contribution in [2.75, 3.05) is 38.7 Å². The Balaban J connectivity index is 2.29. The van der Waals surface area contributed by atoms with Crippen molar-refractivity contribution < 1.29 is 0 Å². The quantitative estimate of drug-likeness (QED) is 0.667. The summed E-state index contributed by atoms with van der Waals surface area (Å²) in [6.07, 6.45) is 3.28. The fourth-order valence-electron chi connectivity index (χ4n) is 2.07. The molecule has 1 aromatic carbocycles. The van der Waals surface area contributed by atoms with Gasteiger partial charge in [0.2, 0.25) is 0 Å². The van der Waals surface area contributed by atoms with Gasteiger partial charge in [0.1, 0.15) is 0 Å². The molecule has 0 spiro atoms. The molecule has 0 heterocycles. The normalized spacial score (nSPS) is 11.5. The topological polar surface area (TPSA) is 15.3 Å². The van der Waals surface area contributed by atoms with Gasteiger partial charge in [0.15, 0.2) is 0 Å². The van der Waals surface area contributed by atoms with E-state index >= 15 is 0 Å². The minimum absolute atomic E-state index is 0.731. The van der Waals surface area contributed by atoms with Gasteiger partial charge in [0.25, 0.3) is 0 Å². The molecule has 0 saturated carbocycles. The van der Waals surface area contributed by atoms with Gasteiger partial charge in [-0.3, -0.25) is 0 Å². The highest BCUT2D eigenvalue weighted by Crippen LogP contribution is 2.08. The standard InChI is InChI=1S/C17H30N2S/c1-15(2)13-18-10-9-16-5-7-17(8-6-16)14-19(3)11-12-20-4/h5-8,15,18H,9-14H2,1-4H3. The molecule has 0 aliphatic rings. The van der Waals surface area contributed by atoms with Gasteiger partial charge in [-0.25, -0.2) is 0 Å². The molecule has 114 valence electrons. The van der Waals surface area contributed by atoms with Crippen LogP contribution in [0.2, 0.25) is 0 Å². The van der Waals surface area contributed by atoms with Crippen LogP contribution in [0.5, 0.6) is 0 Å². The lowest BCUT2D eigenvalue weighted by molar-refractivity contribution is 0.349. The van der Waals surface area contributed by atoms with E-state index in [0.29, 0.717) is 0 Å². The van der Waals surface area contributed by atoms with Crippen molar-refractivity contribution in [3.05, 3.63) is 35.4 Å². The molecule has 1 N–H and O–H groups in total. The first-order valence-corrected chi connectivity index (χ1v) is 8.97. The number of nitrogens with one attached hydrogen (secondary N) is 1. The number of benzene rings is 1. The maximum absolute atomic E-state index is 3.49. The Labute approximate surface area is 129 Å². The van der Waals surface area contributed by atoms with Crippen LogP contribution in [0, 0.1) is 5.92 Å². The molecule has 20 heavy (non-hydrogen) atoms. The lowest BCUT2D eigenvalue weighted by atomic mass is 10.1. The van der Waals surface area contributed by atoms with Crippen LogP contribution in [0.3, 0.4) is 0 Å². The van der Waals surface area contributed by atoms with Crippen molar-refractivity contribution >= 4 is 11.8 Å². The molecule has 1 rings (SSSR count). The predicted octanol–water partition coefficient (Wildman–Crippen LogP) is 3.27. The second-order valence-corrected chi connectivity index (χ2v) is 6.88. The van der Waals surface area contributed by atoms with Gasteiger partial charge >= 0.3 is 0 Å². The van der Waals surface area contributed by atoms with Gasteiger partial charge in [-0.2, -0.15) is 11.8 Å². The summed E-state index contributed by atoms with van der Waals surface area (Å²) in [7, 11) is 2.19. The van der Waals surface area contributed by atoms with E-state index in [1.54, 1.807) is 0 Å². The Hall–Kier alpha value is -0.510. The SMILES string of the molecule is CSCCN(C)Cc1ccc(CCNCC(C)C)cc1. The van der Waals surface area contributed by atoms with Crippen LogP contribution in [-0.2, 0) is 13.0 Å². The van der Waals surface area contributed by atoms with Crippen molar-refractivity contribution in [1.82, 2.24) is 10.2 Å². The van der Waals surface area contributed by atoms with Gasteiger partial charge in [-0.1, -0.05) is 38.1 Å². The van der Waals surface area contributed by atoms with Gasteiger partial charge < -0.3 is 10.2 Å². The first-order chi connectivity index (χ1) is 9.61. The van der Waals surface area contributed by atoms with Crippen LogP contribution in [0.25, 0.3) is 0 Å². The van der Waals surface area contributed by atoms with Crippen LogP contribution in [-0.4, -0.2) is 43.6 Å². The number of thioether (sulfide) groups is 1. The van der Waals surface area contributed by atoms with E-state index in [4.69, 9.17) is 0 Å². The second kappa shape index (κ2) is 10.3. The van der Waals surface area contributed by atoms with Gasteiger partial charge in [-0.15, -0.1) is 0 Å². The molecule has 0 atom stereocenters. The number of hydrogen-bond acceptors (Lipinski definition) is 3. The molecular weight excluding hydrogens is 264 g/mol. The van der Waals surface area contributed by atoms with Crippen LogP contribution < -0.4 is 5.32 Å². The highest BCUT2D eigenvalue weighted by molar-refractivity contribution is 7.98. The Kier molecular flexibility index (Phi) is 8.99. The van der Waals surface area contributed by atoms with Gasteiger partial charge in [0, 0.05) is 18.8 Å². The molecule has 0 aromatic heterocycles. The van der Waals surface area contributed by atoms with E-state index in [1.165, 1.54) is 16.9 Å². The zero-order chi connectivity index (χ0) is 14.8. The maximum atomic E-state index is 3.49. The third-order valence-electron chi connectivity index (χ3n) is 3.30. The van der Waals surface area contributed by atoms with Crippen molar-refractivity contribution in [2.24, 2.45) is 5.92 Å². The summed E-state index contributed by atoms with van der Waals surface area (Å²) < 4.78 is 0. The Morgan fingerprint density at radius 3 is 2.40 bits per heavy atom. The Morgan fingerprint density at radius 2 is 1.80 bits per heavy atom. The Bertz CT molecular complexity index is 349. The molecule has 0 amide bonds. The third kappa shape index (κ3) is 7.93. The lowest BCUT2D eigenvalue weighted by Crippen LogP contribution is -2.22. The summed E-state index contributed by atoms with van der Waals surface area (Å²) in [5.74, 6) is 1.94. The van der Waals surface area contributed by atoms with Crippen LogP contribution in [0.15, 0.2) is 24.3 Å². The van der Waals surface area contributed by atoms with E-state index in [9.17, 15) is 0 Å². The summed E-state index contributed by atoms with van der Waals surface area (Å²) in [6.45, 7) is 8.88. The first kappa shape index (κ1) is 17.5. The zero-order valence-electron chi connectivity index (χ0n) is 13.5. The van der Waals surface area contributed by atoms with E-state index in [-0.39, 0.29) is 0 Å². The minimum Gasteiger partial charge on any atom is -0.316 e. The van der Waals surface area contributed by atoms with Crippen LogP contribution in [0.4, 0.5) is 0 Å². The highest BCUT2D eigenvalue weighted by Gasteiger charge is 2.00. The van der Waals surface area contributed by atoms with E-state index in [0.717, 1.165) is 38.5 Å². The summed E-state index contributed by atoms with van der Waals surface area (Å²) in [4.78, 5) is 2.38. The number of hydrogen-bond donors (Lipinski definition) is 1. The molecule has 3 heteroatoms. The van der Waals surface area contributed by atoms with Crippen molar-refractivity contribution in [3.8, 4) is 0 Å². The average Bonchev–Trinajstić information content (AvgIpc) is 2.43. The minimum atomic E-state index is 0.731. The second-order valence-electron chi connectivity index (χ2n) is 5.90. The van der Waals surface area contributed by atoms with E-state index < -0.39 is 0 Å². The summed E-state index contributed by atoms with van der Waals surface area (Å²) in [6, 6.07) is 9.09. The summed E-state index contributed by atoms with van der Waals surface area (Å²) in [5.41, 5.74) is 2.84. The molecule has 1 aromatic rings. The molecule has 0 bridgehead atoms. The fraction of sp³-hybridized carbons (Fsp3) is 0.647. The van der Waals surface area contributed by atoms with Crippen molar-refractivity contribution in [2.45, 2.75) is 26.8 Å². The average molecular weight is 295 g/mol. The van der Waals surface area contributed by atoms with Gasteiger partial charge in [-0.05, 0) is 49.9 Å². The predicted molar refractivity (Wildman–Crippen MR) is 92.6 cm³/mol. The number of rotatable bonds is 10. The molecule has 0 aliphatic heterocycles. The highest BCUT2D eigenvalue weighted by atomic mass is 32.2. The lowest BCUT2D eigenvalue weighted by Gasteiger charge is -2.16. The summed E-state index contributed by atoms with van der Waals surface area (Å²) >= 11 is 1.91. The van der Waals surface area contributed by atoms with Crippen molar-refractivity contribution in [1.29, 1.82) is 0 Å². The maximum Gasteiger partial charge on any atom is 0.0231 e. The molecule has 0 fully saturated rings.